The molecule has 21 heavy (non-hydrogen) atoms. The van der Waals surface area contributed by atoms with Crippen molar-refractivity contribution in [2.75, 3.05) is 10.5 Å². The predicted molar refractivity (Wildman–Crippen MR) is 98.9 cm³/mol. The molecule has 0 fully saturated rings. The van der Waals surface area contributed by atoms with Gasteiger partial charge in [-0.05, 0) is 62.2 Å². The minimum absolute atomic E-state index is 0.117. The van der Waals surface area contributed by atoms with Crippen LogP contribution in [0.4, 0.5) is 11.4 Å². The van der Waals surface area contributed by atoms with Crippen LogP contribution >= 0.6 is 63.7 Å². The molecule has 0 spiro atoms. The maximum atomic E-state index is 12.5. The number of nitrogens with one attached hydrogen (secondary N) is 1. The summed E-state index contributed by atoms with van der Waals surface area (Å²) >= 11 is 13.1. The molecule has 0 saturated heterocycles. The fourth-order valence-electron chi connectivity index (χ4n) is 1.57. The van der Waals surface area contributed by atoms with Crippen LogP contribution in [0.5, 0.6) is 0 Å². The third kappa shape index (κ3) is 4.01. The number of hydrogen-bond donors (Lipinski definition) is 2. The highest BCUT2D eigenvalue weighted by molar-refractivity contribution is 9.11. The number of sulfonamides is 1. The maximum absolute atomic E-state index is 12.5. The Labute approximate surface area is 156 Å². The molecule has 2 rings (SSSR count). The van der Waals surface area contributed by atoms with E-state index in [2.05, 4.69) is 68.4 Å². The number of hydrogen-bond acceptors (Lipinski definition) is 3. The Hall–Kier alpha value is -0.0900. The fraction of sp³-hybridized carbons (Fsp3) is 0. The van der Waals surface area contributed by atoms with Crippen LogP contribution in [0.25, 0.3) is 0 Å². The van der Waals surface area contributed by atoms with E-state index in [1.807, 2.05) is 0 Å². The topological polar surface area (TPSA) is 72.2 Å². The molecule has 2 aromatic rings. The summed E-state index contributed by atoms with van der Waals surface area (Å²) in [6, 6.07) is 8.24. The van der Waals surface area contributed by atoms with Gasteiger partial charge in [-0.15, -0.1) is 0 Å². The Morgan fingerprint density at radius 2 is 1.57 bits per heavy atom. The average Bonchev–Trinajstić information content (AvgIpc) is 2.36. The number of nitrogen functional groups attached to an aromatic ring is 1. The Morgan fingerprint density at radius 3 is 2.19 bits per heavy atom. The molecule has 4 nitrogen and oxygen atoms in total. The molecule has 0 amide bonds. The molecular formula is C12H8Br4N2O2S. The number of halogens is 4. The first-order valence-electron chi connectivity index (χ1n) is 5.43. The molecule has 3 N–H and O–H groups in total. The lowest BCUT2D eigenvalue weighted by Gasteiger charge is -2.14. The van der Waals surface area contributed by atoms with Crippen molar-refractivity contribution in [2.24, 2.45) is 0 Å². The summed E-state index contributed by atoms with van der Waals surface area (Å²) < 4.78 is 29.9. The smallest absolute Gasteiger partial charge is 0.263 e. The molecule has 9 heteroatoms. The van der Waals surface area contributed by atoms with Crippen LogP contribution in [0.3, 0.4) is 0 Å². The molecule has 2 aromatic carbocycles. The van der Waals surface area contributed by atoms with Crippen LogP contribution in [0, 0.1) is 0 Å². The number of benzene rings is 2. The standard InChI is InChI=1S/C12H8Br4N2O2S/c13-6-1-2-8(15)11(5-6)21(19,20)18-12-9(16)3-7(14)4-10(12)17/h1-5,18H,17H2. The second-order valence-electron chi connectivity index (χ2n) is 4.03. The van der Waals surface area contributed by atoms with Crippen LogP contribution < -0.4 is 10.5 Å². The van der Waals surface area contributed by atoms with Crippen LogP contribution in [-0.4, -0.2) is 8.42 Å². The van der Waals surface area contributed by atoms with Crippen molar-refractivity contribution in [3.63, 3.8) is 0 Å². The van der Waals surface area contributed by atoms with Gasteiger partial charge in [-0.2, -0.15) is 0 Å². The van der Waals surface area contributed by atoms with Crippen molar-refractivity contribution in [2.45, 2.75) is 4.90 Å². The van der Waals surface area contributed by atoms with Gasteiger partial charge in [0.1, 0.15) is 4.90 Å². The first kappa shape index (κ1) is 17.3. The van der Waals surface area contributed by atoms with E-state index in [4.69, 9.17) is 5.73 Å². The van der Waals surface area contributed by atoms with Crippen molar-refractivity contribution in [3.8, 4) is 0 Å². The second-order valence-corrected chi connectivity index (χ2v) is 9.22. The lowest BCUT2D eigenvalue weighted by molar-refractivity contribution is 0.600. The summed E-state index contributed by atoms with van der Waals surface area (Å²) in [6.07, 6.45) is 0. The van der Waals surface area contributed by atoms with E-state index < -0.39 is 10.0 Å². The minimum Gasteiger partial charge on any atom is -0.397 e. The third-order valence-electron chi connectivity index (χ3n) is 2.50. The predicted octanol–water partition coefficient (Wildman–Crippen LogP) is 5.12. The first-order chi connectivity index (χ1) is 9.70. The van der Waals surface area contributed by atoms with Crippen LogP contribution in [0.1, 0.15) is 0 Å². The van der Waals surface area contributed by atoms with Gasteiger partial charge in [0.15, 0.2) is 0 Å². The summed E-state index contributed by atoms with van der Waals surface area (Å²) in [5.41, 5.74) is 6.47. The quantitative estimate of drug-likeness (QED) is 0.509. The van der Waals surface area contributed by atoms with Gasteiger partial charge < -0.3 is 5.73 Å². The highest BCUT2D eigenvalue weighted by Crippen LogP contribution is 2.35. The van der Waals surface area contributed by atoms with Gasteiger partial charge in [0, 0.05) is 17.9 Å². The van der Waals surface area contributed by atoms with Crippen molar-refractivity contribution >= 4 is 85.1 Å². The van der Waals surface area contributed by atoms with Crippen molar-refractivity contribution in [1.29, 1.82) is 0 Å². The molecule has 0 aliphatic heterocycles. The van der Waals surface area contributed by atoms with Gasteiger partial charge in [0.2, 0.25) is 0 Å². The van der Waals surface area contributed by atoms with E-state index in [9.17, 15) is 8.42 Å². The third-order valence-corrected chi connectivity index (χ3v) is 6.42. The summed E-state index contributed by atoms with van der Waals surface area (Å²) in [7, 11) is -3.78. The second kappa shape index (κ2) is 6.57. The molecule has 0 aromatic heterocycles. The lowest BCUT2D eigenvalue weighted by Crippen LogP contribution is -2.15. The maximum Gasteiger partial charge on any atom is 0.263 e. The van der Waals surface area contributed by atoms with Crippen LogP contribution in [0.2, 0.25) is 0 Å². The molecule has 0 unspecified atom stereocenters. The van der Waals surface area contributed by atoms with Gasteiger partial charge >= 0.3 is 0 Å². The first-order valence-corrected chi connectivity index (χ1v) is 10.1. The summed E-state index contributed by atoms with van der Waals surface area (Å²) in [6.45, 7) is 0. The van der Waals surface area contributed by atoms with E-state index in [0.29, 0.717) is 24.8 Å². The van der Waals surface area contributed by atoms with Gasteiger partial charge in [-0.25, -0.2) is 8.42 Å². The zero-order chi connectivity index (χ0) is 15.8. The number of anilines is 2. The molecule has 0 aliphatic rings. The van der Waals surface area contributed by atoms with Gasteiger partial charge in [0.25, 0.3) is 10.0 Å². The van der Waals surface area contributed by atoms with E-state index in [-0.39, 0.29) is 4.90 Å². The Morgan fingerprint density at radius 1 is 0.905 bits per heavy atom. The molecular weight excluding hydrogens is 556 g/mol. The zero-order valence-electron chi connectivity index (χ0n) is 10.2. The molecule has 0 aliphatic carbocycles. The highest BCUT2D eigenvalue weighted by Gasteiger charge is 2.20. The van der Waals surface area contributed by atoms with Gasteiger partial charge in [-0.3, -0.25) is 4.72 Å². The number of rotatable bonds is 3. The zero-order valence-corrected chi connectivity index (χ0v) is 17.4. The fourth-order valence-corrected chi connectivity index (χ4v) is 5.67. The summed E-state index contributed by atoms with van der Waals surface area (Å²) in [5.74, 6) is 0. The molecule has 0 heterocycles. The van der Waals surface area contributed by atoms with Crippen molar-refractivity contribution in [3.05, 3.63) is 48.2 Å². The summed E-state index contributed by atoms with van der Waals surface area (Å²) in [5, 5.41) is 0. The molecule has 0 bridgehead atoms. The van der Waals surface area contributed by atoms with Crippen LogP contribution in [-0.2, 0) is 10.0 Å². The lowest BCUT2D eigenvalue weighted by atomic mass is 10.3. The minimum atomic E-state index is -3.78. The normalized spacial score (nSPS) is 11.4. The SMILES string of the molecule is Nc1cc(Br)cc(Br)c1NS(=O)(=O)c1cc(Br)ccc1Br. The Kier molecular flexibility index (Phi) is 5.40. The van der Waals surface area contributed by atoms with Crippen molar-refractivity contribution in [1.82, 2.24) is 0 Å². The molecule has 0 saturated carbocycles. The average molecular weight is 564 g/mol. The largest absolute Gasteiger partial charge is 0.397 e. The van der Waals surface area contributed by atoms with E-state index in [1.165, 1.54) is 6.07 Å². The van der Waals surface area contributed by atoms with Gasteiger partial charge in [0.05, 0.1) is 11.4 Å². The van der Waals surface area contributed by atoms with Crippen LogP contribution in [0.15, 0.2) is 53.1 Å². The number of nitrogens with two attached hydrogens (primary N) is 1. The summed E-state index contributed by atoms with van der Waals surface area (Å²) in [4.78, 5) is 0.117. The van der Waals surface area contributed by atoms with E-state index in [0.717, 1.165) is 4.47 Å². The Bertz CT molecular complexity index is 786. The molecule has 112 valence electrons. The highest BCUT2D eigenvalue weighted by atomic mass is 79.9. The van der Waals surface area contributed by atoms with Crippen molar-refractivity contribution < 1.29 is 8.42 Å². The molecule has 0 atom stereocenters. The van der Waals surface area contributed by atoms with E-state index >= 15 is 0 Å². The van der Waals surface area contributed by atoms with Gasteiger partial charge in [-0.1, -0.05) is 31.9 Å². The monoisotopic (exact) mass is 560 g/mol. The molecule has 0 radical (unpaired) electrons. The Balaban J connectivity index is 2.50. The van der Waals surface area contributed by atoms with E-state index in [1.54, 1.807) is 24.3 Å².